The number of rotatable bonds is 5. The molecule has 1 amide bonds. The van der Waals surface area contributed by atoms with Gasteiger partial charge < -0.3 is 19.8 Å². The quantitative estimate of drug-likeness (QED) is 0.579. The molecule has 0 aromatic heterocycles. The summed E-state index contributed by atoms with van der Waals surface area (Å²) in [5.74, 6) is 1.26. The van der Waals surface area contributed by atoms with Gasteiger partial charge >= 0.3 is 0 Å². The average Bonchev–Trinajstić information content (AvgIpc) is 3.62. The van der Waals surface area contributed by atoms with E-state index in [-0.39, 0.29) is 23.7 Å². The molecule has 2 saturated carbocycles. The third kappa shape index (κ3) is 3.35. The molecule has 7 heteroatoms. The van der Waals surface area contributed by atoms with Crippen molar-refractivity contribution in [3.8, 4) is 11.5 Å². The fourth-order valence-corrected chi connectivity index (χ4v) is 8.11. The van der Waals surface area contributed by atoms with Crippen molar-refractivity contribution in [3.05, 3.63) is 64.2 Å². The maximum atomic E-state index is 13.4. The van der Waals surface area contributed by atoms with E-state index in [4.69, 9.17) is 16.3 Å². The average molecular weight is 521 g/mol. The fraction of sp³-hybridized carbons (Fsp3) is 0.500. The smallest absolute Gasteiger partial charge is 0.246 e. The second-order valence-electron chi connectivity index (χ2n) is 11.7. The van der Waals surface area contributed by atoms with Gasteiger partial charge in [-0.15, -0.1) is 0 Å². The molecular formula is C30H33ClN2O4. The van der Waals surface area contributed by atoms with E-state index in [0.717, 1.165) is 43.0 Å². The summed E-state index contributed by atoms with van der Waals surface area (Å²) in [5.41, 5.74) is 1.44. The SMILES string of the molecule is CN(C(=O)/C=C/c1cccc(Cl)c1)[C@@H]1CC[C@@]2(O)[C@@H]3Cc4ccc(O)c5c4[C@@]2(CCN3CC2CC2)[C@H]1O5. The van der Waals surface area contributed by atoms with Crippen LogP contribution in [-0.4, -0.2) is 69.8 Å². The van der Waals surface area contributed by atoms with E-state index in [2.05, 4.69) is 4.90 Å². The molecule has 2 heterocycles. The standard InChI is InChI=1S/C30H33ClN2O4/c1-32(25(35)10-7-18-3-2-4-21(31)15-18)22-11-12-30(36)24-16-20-8-9-23(34)27-26(20)29(30,28(22)37-27)13-14-33(24)17-19-5-6-19/h2-4,7-10,15,19,22,24,28,34,36H,5-6,11-14,16-17H2,1H3/b10-7+/t22-,24+,28+,29+,30-/m1/s1. The largest absolute Gasteiger partial charge is 0.504 e. The number of phenolic OH excluding ortho intramolecular Hbond substituents is 1. The van der Waals surface area contributed by atoms with E-state index in [1.807, 2.05) is 37.4 Å². The normalized spacial score (nSPS) is 33.8. The molecule has 6 nitrogen and oxygen atoms in total. The van der Waals surface area contributed by atoms with Crippen LogP contribution in [0.5, 0.6) is 11.5 Å². The Morgan fingerprint density at radius 3 is 2.86 bits per heavy atom. The fourth-order valence-electron chi connectivity index (χ4n) is 7.91. The van der Waals surface area contributed by atoms with Gasteiger partial charge in [0, 0.05) is 36.3 Å². The first-order chi connectivity index (χ1) is 17.8. The molecular weight excluding hydrogens is 488 g/mol. The Hall–Kier alpha value is -2.54. The van der Waals surface area contributed by atoms with Gasteiger partial charge in [-0.1, -0.05) is 29.8 Å². The molecule has 37 heavy (non-hydrogen) atoms. The lowest BCUT2D eigenvalue weighted by Gasteiger charge is -2.64. The molecule has 1 saturated heterocycles. The number of carbonyl (C=O) groups excluding carboxylic acids is 1. The highest BCUT2D eigenvalue weighted by molar-refractivity contribution is 6.30. The maximum Gasteiger partial charge on any atom is 0.246 e. The zero-order chi connectivity index (χ0) is 25.5. The van der Waals surface area contributed by atoms with Gasteiger partial charge in [-0.2, -0.15) is 0 Å². The van der Waals surface area contributed by atoms with Crippen molar-refractivity contribution in [2.75, 3.05) is 20.1 Å². The summed E-state index contributed by atoms with van der Waals surface area (Å²) in [6.45, 7) is 1.95. The topological polar surface area (TPSA) is 73.2 Å². The number of carbonyl (C=O) groups is 1. The Morgan fingerprint density at radius 1 is 1.24 bits per heavy atom. The van der Waals surface area contributed by atoms with Crippen molar-refractivity contribution in [3.63, 3.8) is 0 Å². The van der Waals surface area contributed by atoms with Crippen molar-refractivity contribution in [1.82, 2.24) is 9.80 Å². The predicted molar refractivity (Wildman–Crippen MR) is 142 cm³/mol. The summed E-state index contributed by atoms with van der Waals surface area (Å²) in [6.07, 6.45) is 8.30. The predicted octanol–water partition coefficient (Wildman–Crippen LogP) is 4.15. The summed E-state index contributed by atoms with van der Waals surface area (Å²) >= 11 is 6.10. The Morgan fingerprint density at radius 2 is 2.08 bits per heavy atom. The number of phenols is 1. The first-order valence-electron chi connectivity index (χ1n) is 13.5. The van der Waals surface area contributed by atoms with Crippen LogP contribution in [0.4, 0.5) is 0 Å². The molecule has 2 aliphatic heterocycles. The van der Waals surface area contributed by atoms with Crippen LogP contribution in [-0.2, 0) is 16.6 Å². The van der Waals surface area contributed by atoms with Crippen molar-refractivity contribution >= 4 is 23.6 Å². The van der Waals surface area contributed by atoms with Crippen LogP contribution in [0.3, 0.4) is 0 Å². The van der Waals surface area contributed by atoms with Gasteiger partial charge in [0.2, 0.25) is 5.91 Å². The number of hydrogen-bond acceptors (Lipinski definition) is 5. The Bertz CT molecular complexity index is 1310. The zero-order valence-corrected chi connectivity index (χ0v) is 21.8. The first-order valence-corrected chi connectivity index (χ1v) is 13.9. The van der Waals surface area contributed by atoms with Crippen LogP contribution in [0.2, 0.25) is 5.02 Å². The number of ether oxygens (including phenoxy) is 1. The molecule has 5 atom stereocenters. The van der Waals surface area contributed by atoms with Gasteiger partial charge in [0.15, 0.2) is 11.5 Å². The number of likely N-dealkylation sites (tertiary alicyclic amines) is 1. The molecule has 3 aliphatic carbocycles. The van der Waals surface area contributed by atoms with Crippen LogP contribution in [0.25, 0.3) is 6.08 Å². The molecule has 2 aromatic rings. The number of aliphatic hydroxyl groups is 1. The van der Waals surface area contributed by atoms with Crippen molar-refractivity contribution in [2.24, 2.45) is 5.92 Å². The third-order valence-electron chi connectivity index (χ3n) is 9.84. The minimum Gasteiger partial charge on any atom is -0.504 e. The van der Waals surface area contributed by atoms with E-state index >= 15 is 0 Å². The lowest BCUT2D eigenvalue weighted by atomic mass is 9.48. The van der Waals surface area contributed by atoms with Gasteiger partial charge in [-0.05, 0) is 86.4 Å². The highest BCUT2D eigenvalue weighted by Crippen LogP contribution is 2.66. The van der Waals surface area contributed by atoms with Crippen LogP contribution in [0.15, 0.2) is 42.5 Å². The van der Waals surface area contributed by atoms with Crippen molar-refractivity contribution in [2.45, 2.75) is 67.7 Å². The number of aromatic hydroxyl groups is 1. The van der Waals surface area contributed by atoms with Crippen molar-refractivity contribution < 1.29 is 19.7 Å². The summed E-state index contributed by atoms with van der Waals surface area (Å²) in [5, 5.41) is 24.0. The molecule has 0 radical (unpaired) electrons. The molecule has 0 unspecified atom stereocenters. The monoisotopic (exact) mass is 520 g/mol. The minimum absolute atomic E-state index is 0.0284. The second kappa shape index (κ2) is 8.23. The summed E-state index contributed by atoms with van der Waals surface area (Å²) < 4.78 is 6.60. The van der Waals surface area contributed by atoms with Gasteiger partial charge in [0.05, 0.1) is 17.1 Å². The Kier molecular flexibility index (Phi) is 5.24. The third-order valence-corrected chi connectivity index (χ3v) is 10.1. The Balaban J connectivity index is 1.25. The highest BCUT2D eigenvalue weighted by atomic mass is 35.5. The van der Waals surface area contributed by atoms with Gasteiger partial charge in [-0.3, -0.25) is 9.69 Å². The Labute approximate surface area is 222 Å². The lowest BCUT2D eigenvalue weighted by Crippen LogP contribution is -2.78. The number of benzene rings is 2. The van der Waals surface area contributed by atoms with Crippen LogP contribution < -0.4 is 4.74 Å². The molecule has 7 rings (SSSR count). The van der Waals surface area contributed by atoms with E-state index in [9.17, 15) is 15.0 Å². The van der Waals surface area contributed by atoms with Gasteiger partial charge in [-0.25, -0.2) is 0 Å². The number of nitrogens with zero attached hydrogens (tertiary/aromatic N) is 2. The van der Waals surface area contributed by atoms with E-state index < -0.39 is 17.1 Å². The van der Waals surface area contributed by atoms with Crippen LogP contribution >= 0.6 is 11.6 Å². The number of amides is 1. The molecule has 2 N–H and O–H groups in total. The summed E-state index contributed by atoms with van der Waals surface area (Å²) in [4.78, 5) is 17.6. The molecule has 2 aromatic carbocycles. The zero-order valence-electron chi connectivity index (χ0n) is 21.1. The number of halogens is 1. The molecule has 194 valence electrons. The van der Waals surface area contributed by atoms with E-state index in [1.165, 1.54) is 18.4 Å². The number of hydrogen-bond donors (Lipinski definition) is 2. The summed E-state index contributed by atoms with van der Waals surface area (Å²) in [7, 11) is 1.83. The minimum atomic E-state index is -0.951. The van der Waals surface area contributed by atoms with Gasteiger partial charge in [0.1, 0.15) is 6.10 Å². The molecule has 1 spiro atoms. The van der Waals surface area contributed by atoms with E-state index in [0.29, 0.717) is 23.6 Å². The van der Waals surface area contributed by atoms with Crippen LogP contribution in [0.1, 0.15) is 48.8 Å². The first kappa shape index (κ1) is 23.6. The number of likely N-dealkylation sites (N-methyl/N-ethyl adjacent to an activating group) is 1. The molecule has 5 aliphatic rings. The molecule has 2 bridgehead atoms. The molecule has 3 fully saturated rings. The van der Waals surface area contributed by atoms with Crippen molar-refractivity contribution in [1.29, 1.82) is 0 Å². The second-order valence-corrected chi connectivity index (χ2v) is 12.2. The maximum absolute atomic E-state index is 13.4. The van der Waals surface area contributed by atoms with Crippen LogP contribution in [0, 0.1) is 5.92 Å². The van der Waals surface area contributed by atoms with E-state index in [1.54, 1.807) is 23.1 Å². The lowest BCUT2D eigenvalue weighted by molar-refractivity contribution is -0.200. The summed E-state index contributed by atoms with van der Waals surface area (Å²) in [6, 6.07) is 11.0. The highest BCUT2D eigenvalue weighted by Gasteiger charge is 2.73. The van der Waals surface area contributed by atoms with Gasteiger partial charge in [0.25, 0.3) is 0 Å². The number of piperidine rings is 1.